The maximum Gasteiger partial charge on any atom is 0.273 e. The van der Waals surface area contributed by atoms with E-state index in [0.717, 1.165) is 15.7 Å². The van der Waals surface area contributed by atoms with Crippen molar-refractivity contribution < 1.29 is 9.18 Å². The maximum absolute atomic E-state index is 12.9. The van der Waals surface area contributed by atoms with Gasteiger partial charge in [0.25, 0.3) is 5.91 Å². The summed E-state index contributed by atoms with van der Waals surface area (Å²) >= 11 is 3.40. The van der Waals surface area contributed by atoms with Gasteiger partial charge in [0, 0.05) is 10.0 Å². The van der Waals surface area contributed by atoms with Crippen LogP contribution in [0.2, 0.25) is 0 Å². The molecule has 1 N–H and O–H groups in total. The number of pyridine rings is 1. The van der Waals surface area contributed by atoms with Crippen LogP contribution < -0.4 is 5.43 Å². The number of nitrogens with zero attached hydrogens (tertiary/aromatic N) is 2. The molecule has 0 radical (unpaired) electrons. The summed E-state index contributed by atoms with van der Waals surface area (Å²) in [4.78, 5) is 16.8. The highest BCUT2D eigenvalue weighted by Gasteiger charge is 2.10. The molecule has 3 aromatic rings. The quantitative estimate of drug-likeness (QED) is 0.498. The number of carbonyl (C=O) groups excluding carboxylic acids is 1. The summed E-state index contributed by atoms with van der Waals surface area (Å²) < 4.78 is 13.8. The number of benzene rings is 2. The first-order valence-corrected chi connectivity index (χ1v) is 8.65. The first-order chi connectivity index (χ1) is 12.5. The van der Waals surface area contributed by atoms with Crippen LogP contribution in [0.25, 0.3) is 11.3 Å². The van der Waals surface area contributed by atoms with Crippen LogP contribution in [0, 0.1) is 12.7 Å². The van der Waals surface area contributed by atoms with Gasteiger partial charge >= 0.3 is 0 Å². The normalized spacial score (nSPS) is 10.9. The fourth-order valence-electron chi connectivity index (χ4n) is 2.36. The molecule has 0 bridgehead atoms. The smallest absolute Gasteiger partial charge is 0.267 e. The lowest BCUT2D eigenvalue weighted by molar-refractivity contribution is 0.0954. The molecule has 2 aromatic carbocycles. The van der Waals surface area contributed by atoms with Crippen LogP contribution in [0.5, 0.6) is 0 Å². The van der Waals surface area contributed by atoms with Gasteiger partial charge in [-0.15, -0.1) is 0 Å². The van der Waals surface area contributed by atoms with E-state index in [4.69, 9.17) is 0 Å². The third-order valence-corrected chi connectivity index (χ3v) is 4.25. The summed E-state index contributed by atoms with van der Waals surface area (Å²) in [6, 6.07) is 17.1. The highest BCUT2D eigenvalue weighted by molar-refractivity contribution is 9.10. The Morgan fingerprint density at radius 1 is 1.08 bits per heavy atom. The Balaban J connectivity index is 1.71. The molecule has 130 valence electrons. The second-order valence-corrected chi connectivity index (χ2v) is 6.50. The number of amides is 1. The summed E-state index contributed by atoms with van der Waals surface area (Å²) in [6.45, 7) is 1.78. The van der Waals surface area contributed by atoms with E-state index in [-0.39, 0.29) is 11.7 Å². The van der Waals surface area contributed by atoms with E-state index in [0.29, 0.717) is 16.8 Å². The number of aryl methyl sites for hydroxylation is 1. The molecule has 4 nitrogen and oxygen atoms in total. The fraction of sp³-hybridized carbons (Fsp3) is 0.0500. The molecule has 0 saturated carbocycles. The van der Waals surface area contributed by atoms with E-state index in [9.17, 15) is 9.18 Å². The zero-order valence-corrected chi connectivity index (χ0v) is 15.5. The molecular formula is C20H15BrFN3O. The predicted octanol–water partition coefficient (Wildman–Crippen LogP) is 4.72. The largest absolute Gasteiger partial charge is 0.273 e. The number of aromatic nitrogens is 1. The van der Waals surface area contributed by atoms with Crippen LogP contribution in [0.1, 0.15) is 21.6 Å². The van der Waals surface area contributed by atoms with E-state index < -0.39 is 0 Å². The predicted molar refractivity (Wildman–Crippen MR) is 104 cm³/mol. The number of hydrogen-bond acceptors (Lipinski definition) is 3. The number of carbonyl (C=O) groups is 1. The molecule has 0 spiro atoms. The zero-order chi connectivity index (χ0) is 18.5. The van der Waals surface area contributed by atoms with Crippen molar-refractivity contribution in [1.29, 1.82) is 0 Å². The topological polar surface area (TPSA) is 54.4 Å². The summed E-state index contributed by atoms with van der Waals surface area (Å²) in [5.41, 5.74) is 5.97. The van der Waals surface area contributed by atoms with Gasteiger partial charge in [-0.1, -0.05) is 40.2 Å². The molecule has 0 fully saturated rings. The number of hydrazone groups is 1. The minimum Gasteiger partial charge on any atom is -0.267 e. The van der Waals surface area contributed by atoms with E-state index in [1.807, 2.05) is 24.3 Å². The van der Waals surface area contributed by atoms with Gasteiger partial charge in [0.05, 0.1) is 23.2 Å². The molecule has 0 saturated heterocycles. The van der Waals surface area contributed by atoms with Gasteiger partial charge in [0.2, 0.25) is 0 Å². The molecular weight excluding hydrogens is 397 g/mol. The van der Waals surface area contributed by atoms with Crippen LogP contribution in [-0.2, 0) is 0 Å². The van der Waals surface area contributed by atoms with Crippen molar-refractivity contribution in [1.82, 2.24) is 10.4 Å². The second kappa shape index (κ2) is 8.01. The Morgan fingerprint density at radius 3 is 2.42 bits per heavy atom. The van der Waals surface area contributed by atoms with Crippen molar-refractivity contribution in [3.05, 3.63) is 87.8 Å². The average molecular weight is 412 g/mol. The number of nitrogens with one attached hydrogen (secondary N) is 1. The van der Waals surface area contributed by atoms with Crippen molar-refractivity contribution in [3.63, 3.8) is 0 Å². The zero-order valence-electron chi connectivity index (χ0n) is 13.9. The summed E-state index contributed by atoms with van der Waals surface area (Å²) in [7, 11) is 0. The lowest BCUT2D eigenvalue weighted by Gasteiger charge is -2.07. The Bertz CT molecular complexity index is 954. The number of rotatable bonds is 4. The first-order valence-electron chi connectivity index (χ1n) is 7.85. The lowest BCUT2D eigenvalue weighted by atomic mass is 10.1. The van der Waals surface area contributed by atoms with Crippen LogP contribution in [-0.4, -0.2) is 17.1 Å². The lowest BCUT2D eigenvalue weighted by Crippen LogP contribution is -2.19. The Morgan fingerprint density at radius 2 is 1.77 bits per heavy atom. The third kappa shape index (κ3) is 4.40. The molecule has 0 aliphatic carbocycles. The van der Waals surface area contributed by atoms with Crippen molar-refractivity contribution in [2.24, 2.45) is 5.10 Å². The van der Waals surface area contributed by atoms with E-state index in [2.05, 4.69) is 31.4 Å². The Hall–Kier alpha value is -2.86. The SMILES string of the molecule is Cc1nc(-c2ccc(Br)cc2)ccc1C(=O)N/N=C/c1ccc(F)cc1. The summed E-state index contributed by atoms with van der Waals surface area (Å²) in [5.74, 6) is -0.672. The molecule has 0 atom stereocenters. The molecule has 0 aliphatic rings. The van der Waals surface area contributed by atoms with E-state index in [1.54, 1.807) is 31.2 Å². The molecule has 26 heavy (non-hydrogen) atoms. The summed E-state index contributed by atoms with van der Waals surface area (Å²) in [6.07, 6.45) is 1.45. The summed E-state index contributed by atoms with van der Waals surface area (Å²) in [5, 5.41) is 3.90. The van der Waals surface area contributed by atoms with Gasteiger partial charge < -0.3 is 0 Å². The van der Waals surface area contributed by atoms with Crippen molar-refractivity contribution in [2.45, 2.75) is 6.92 Å². The minimum absolute atomic E-state index is 0.321. The van der Waals surface area contributed by atoms with E-state index >= 15 is 0 Å². The molecule has 1 heterocycles. The molecule has 0 unspecified atom stereocenters. The number of halogens is 2. The highest BCUT2D eigenvalue weighted by Crippen LogP contribution is 2.21. The van der Waals surface area contributed by atoms with Crippen LogP contribution in [0.4, 0.5) is 4.39 Å². The highest BCUT2D eigenvalue weighted by atomic mass is 79.9. The van der Waals surface area contributed by atoms with Crippen molar-refractivity contribution >= 4 is 28.1 Å². The molecule has 1 aromatic heterocycles. The molecule has 3 rings (SSSR count). The van der Waals surface area contributed by atoms with Crippen LogP contribution >= 0.6 is 15.9 Å². The van der Waals surface area contributed by atoms with Gasteiger partial charge in [-0.3, -0.25) is 9.78 Å². The van der Waals surface area contributed by atoms with Crippen LogP contribution in [0.3, 0.4) is 0 Å². The monoisotopic (exact) mass is 411 g/mol. The molecule has 6 heteroatoms. The minimum atomic E-state index is -0.351. The van der Waals surface area contributed by atoms with E-state index in [1.165, 1.54) is 18.3 Å². The molecule has 1 amide bonds. The van der Waals surface area contributed by atoms with Gasteiger partial charge in [0.15, 0.2) is 0 Å². The Kier molecular flexibility index (Phi) is 5.53. The second-order valence-electron chi connectivity index (χ2n) is 5.59. The fourth-order valence-corrected chi connectivity index (χ4v) is 2.62. The first kappa shape index (κ1) is 17.9. The van der Waals surface area contributed by atoms with Crippen LogP contribution in [0.15, 0.2) is 70.2 Å². The Labute approximate surface area is 158 Å². The maximum atomic E-state index is 12.9. The van der Waals surface area contributed by atoms with Gasteiger partial charge in [-0.05, 0) is 48.9 Å². The van der Waals surface area contributed by atoms with Gasteiger partial charge in [-0.25, -0.2) is 9.82 Å². The van der Waals surface area contributed by atoms with Crippen molar-refractivity contribution in [2.75, 3.05) is 0 Å². The molecule has 0 aliphatic heterocycles. The van der Waals surface area contributed by atoms with Gasteiger partial charge in [-0.2, -0.15) is 5.10 Å². The average Bonchev–Trinajstić information content (AvgIpc) is 2.64. The van der Waals surface area contributed by atoms with Gasteiger partial charge in [0.1, 0.15) is 5.82 Å². The van der Waals surface area contributed by atoms with Crippen molar-refractivity contribution in [3.8, 4) is 11.3 Å². The third-order valence-electron chi connectivity index (χ3n) is 3.72. The number of hydrogen-bond donors (Lipinski definition) is 1. The standard InChI is InChI=1S/C20H15BrFN3O/c1-13-18(10-11-19(24-13)15-4-6-16(21)7-5-15)20(26)25-23-12-14-2-8-17(22)9-3-14/h2-12H,1H3,(H,25,26)/b23-12+.